The summed E-state index contributed by atoms with van der Waals surface area (Å²) in [4.78, 5) is 4.29. The van der Waals surface area contributed by atoms with Crippen LogP contribution in [0, 0.1) is 6.92 Å². The van der Waals surface area contributed by atoms with Gasteiger partial charge in [0.05, 0.1) is 12.8 Å². The van der Waals surface area contributed by atoms with Crippen LogP contribution in [0.25, 0.3) is 11.1 Å². The predicted octanol–water partition coefficient (Wildman–Crippen LogP) is 3.96. The van der Waals surface area contributed by atoms with Crippen molar-refractivity contribution in [3.05, 3.63) is 47.8 Å². The second-order valence-corrected chi connectivity index (χ2v) is 5.17. The largest absolute Gasteiger partial charge is 0.492 e. The molecule has 112 valence electrons. The zero-order valence-electron chi connectivity index (χ0n) is 13.1. The lowest BCUT2D eigenvalue weighted by atomic mass is 9.99. The first kappa shape index (κ1) is 15.5. The Morgan fingerprint density at radius 3 is 2.76 bits per heavy atom. The number of rotatable bonds is 7. The first-order valence-corrected chi connectivity index (χ1v) is 7.63. The molecule has 21 heavy (non-hydrogen) atoms. The molecule has 2 rings (SSSR count). The molecular formula is C18H24N2O. The topological polar surface area (TPSA) is 34.2 Å². The first-order valence-electron chi connectivity index (χ1n) is 7.63. The Morgan fingerprint density at radius 1 is 1.14 bits per heavy atom. The van der Waals surface area contributed by atoms with Gasteiger partial charge in [0.2, 0.25) is 0 Å². The normalized spacial score (nSPS) is 10.6. The van der Waals surface area contributed by atoms with E-state index in [0.29, 0.717) is 6.61 Å². The fourth-order valence-electron chi connectivity index (χ4n) is 2.31. The summed E-state index contributed by atoms with van der Waals surface area (Å²) in [5.41, 5.74) is 4.88. The van der Waals surface area contributed by atoms with Crippen molar-refractivity contribution < 1.29 is 4.74 Å². The van der Waals surface area contributed by atoms with Gasteiger partial charge in [0.15, 0.2) is 0 Å². The predicted molar refractivity (Wildman–Crippen MR) is 87.6 cm³/mol. The van der Waals surface area contributed by atoms with Crippen molar-refractivity contribution in [2.45, 2.75) is 33.7 Å². The number of hydrogen-bond donors (Lipinski definition) is 1. The molecule has 0 aliphatic carbocycles. The van der Waals surface area contributed by atoms with E-state index in [1.54, 1.807) is 6.20 Å². The molecule has 0 bridgehead atoms. The van der Waals surface area contributed by atoms with Crippen LogP contribution in [0.1, 0.15) is 31.4 Å². The second kappa shape index (κ2) is 7.79. The van der Waals surface area contributed by atoms with Crippen LogP contribution < -0.4 is 10.1 Å². The lowest BCUT2D eigenvalue weighted by molar-refractivity contribution is 0.339. The number of nitrogens with one attached hydrogen (secondary N) is 1. The number of hydrogen-bond acceptors (Lipinski definition) is 3. The van der Waals surface area contributed by atoms with Gasteiger partial charge in [-0.3, -0.25) is 4.98 Å². The molecule has 1 heterocycles. The summed E-state index contributed by atoms with van der Waals surface area (Å²) in [6, 6.07) is 8.65. The van der Waals surface area contributed by atoms with Gasteiger partial charge in [-0.25, -0.2) is 0 Å². The molecule has 3 nitrogen and oxygen atoms in total. The van der Waals surface area contributed by atoms with Crippen LogP contribution in [0.4, 0.5) is 0 Å². The van der Waals surface area contributed by atoms with Crippen LogP contribution in [0.2, 0.25) is 0 Å². The van der Waals surface area contributed by atoms with Gasteiger partial charge in [0.1, 0.15) is 5.75 Å². The van der Waals surface area contributed by atoms with Crippen molar-refractivity contribution >= 4 is 0 Å². The molecule has 1 aromatic carbocycles. The Balaban J connectivity index is 2.25. The van der Waals surface area contributed by atoms with Gasteiger partial charge < -0.3 is 10.1 Å². The average Bonchev–Trinajstić information content (AvgIpc) is 2.50. The van der Waals surface area contributed by atoms with Gasteiger partial charge in [0.25, 0.3) is 0 Å². The zero-order chi connectivity index (χ0) is 15.1. The van der Waals surface area contributed by atoms with Crippen molar-refractivity contribution in [1.29, 1.82) is 0 Å². The third kappa shape index (κ3) is 4.30. The first-order chi connectivity index (χ1) is 10.2. The third-order valence-electron chi connectivity index (χ3n) is 3.39. The van der Waals surface area contributed by atoms with Crippen LogP contribution in [0.3, 0.4) is 0 Å². The second-order valence-electron chi connectivity index (χ2n) is 5.17. The number of benzene rings is 1. The Hall–Kier alpha value is -1.87. The minimum absolute atomic E-state index is 0.658. The minimum Gasteiger partial charge on any atom is -0.492 e. The molecule has 0 amide bonds. The molecule has 0 spiro atoms. The molecule has 0 aliphatic rings. The number of aryl methyl sites for hydroxylation is 1. The van der Waals surface area contributed by atoms with Crippen LogP contribution in [-0.2, 0) is 6.54 Å². The number of ether oxygens (including phenoxy) is 1. The molecule has 0 saturated heterocycles. The van der Waals surface area contributed by atoms with E-state index in [2.05, 4.69) is 48.4 Å². The van der Waals surface area contributed by atoms with Gasteiger partial charge >= 0.3 is 0 Å². The summed E-state index contributed by atoms with van der Waals surface area (Å²) in [5, 5.41) is 3.44. The molecule has 0 aliphatic heterocycles. The van der Waals surface area contributed by atoms with E-state index < -0.39 is 0 Å². The summed E-state index contributed by atoms with van der Waals surface area (Å²) in [5.74, 6) is 0.823. The van der Waals surface area contributed by atoms with Gasteiger partial charge in [0, 0.05) is 18.3 Å². The summed E-state index contributed by atoms with van der Waals surface area (Å²) in [6.07, 6.45) is 4.81. The fraction of sp³-hybridized carbons (Fsp3) is 0.389. The van der Waals surface area contributed by atoms with Crippen LogP contribution in [0.5, 0.6) is 5.75 Å². The Kier molecular flexibility index (Phi) is 5.76. The van der Waals surface area contributed by atoms with Crippen LogP contribution >= 0.6 is 0 Å². The molecule has 0 atom stereocenters. The highest BCUT2D eigenvalue weighted by molar-refractivity contribution is 5.68. The molecule has 3 heteroatoms. The van der Waals surface area contributed by atoms with Crippen molar-refractivity contribution in [2.24, 2.45) is 0 Å². The van der Waals surface area contributed by atoms with Gasteiger partial charge in [-0.15, -0.1) is 0 Å². The van der Waals surface area contributed by atoms with E-state index in [9.17, 15) is 0 Å². The lowest BCUT2D eigenvalue weighted by Crippen LogP contribution is -2.13. The highest BCUT2D eigenvalue weighted by Gasteiger charge is 2.06. The van der Waals surface area contributed by atoms with E-state index in [-0.39, 0.29) is 0 Å². The summed E-state index contributed by atoms with van der Waals surface area (Å²) >= 11 is 0. The van der Waals surface area contributed by atoms with Crippen LogP contribution in [0.15, 0.2) is 36.7 Å². The highest BCUT2D eigenvalue weighted by atomic mass is 16.5. The SMILES string of the molecule is CCCNCc1ccc(C)c(-c2cncc(OCC)c2)c1. The summed E-state index contributed by atoms with van der Waals surface area (Å²) in [6.45, 7) is 8.90. The van der Waals surface area contributed by atoms with Crippen molar-refractivity contribution in [3.8, 4) is 16.9 Å². The van der Waals surface area contributed by atoms with Crippen LogP contribution in [-0.4, -0.2) is 18.1 Å². The summed E-state index contributed by atoms with van der Waals surface area (Å²) in [7, 11) is 0. The third-order valence-corrected chi connectivity index (χ3v) is 3.39. The molecule has 1 N–H and O–H groups in total. The molecule has 2 aromatic rings. The maximum atomic E-state index is 5.54. The fourth-order valence-corrected chi connectivity index (χ4v) is 2.31. The average molecular weight is 284 g/mol. The minimum atomic E-state index is 0.658. The van der Waals surface area contributed by atoms with E-state index in [1.807, 2.05) is 13.1 Å². The molecular weight excluding hydrogens is 260 g/mol. The molecule has 1 aromatic heterocycles. The summed E-state index contributed by atoms with van der Waals surface area (Å²) < 4.78 is 5.54. The quantitative estimate of drug-likeness (QED) is 0.782. The van der Waals surface area contributed by atoms with Gasteiger partial charge in [-0.05, 0) is 55.6 Å². The molecule has 0 radical (unpaired) electrons. The van der Waals surface area contributed by atoms with E-state index in [1.165, 1.54) is 16.7 Å². The van der Waals surface area contributed by atoms with Gasteiger partial charge in [-0.2, -0.15) is 0 Å². The van der Waals surface area contributed by atoms with Gasteiger partial charge in [-0.1, -0.05) is 19.1 Å². The Morgan fingerprint density at radius 2 is 2.00 bits per heavy atom. The zero-order valence-corrected chi connectivity index (χ0v) is 13.1. The monoisotopic (exact) mass is 284 g/mol. The lowest BCUT2D eigenvalue weighted by Gasteiger charge is -2.11. The molecule has 0 unspecified atom stereocenters. The standard InChI is InChI=1S/C18H24N2O/c1-4-8-19-11-15-7-6-14(3)18(9-15)16-10-17(21-5-2)13-20-12-16/h6-7,9-10,12-13,19H,4-5,8,11H2,1-3H3. The molecule has 0 saturated carbocycles. The Bertz CT molecular complexity index is 581. The maximum absolute atomic E-state index is 5.54. The van der Waals surface area contributed by atoms with Crippen molar-refractivity contribution in [3.63, 3.8) is 0 Å². The van der Waals surface area contributed by atoms with E-state index in [0.717, 1.165) is 30.8 Å². The van der Waals surface area contributed by atoms with Crippen molar-refractivity contribution in [1.82, 2.24) is 10.3 Å². The van der Waals surface area contributed by atoms with E-state index >= 15 is 0 Å². The number of nitrogens with zero attached hydrogens (tertiary/aromatic N) is 1. The highest BCUT2D eigenvalue weighted by Crippen LogP contribution is 2.26. The van der Waals surface area contributed by atoms with Crippen molar-refractivity contribution in [2.75, 3.05) is 13.2 Å². The smallest absolute Gasteiger partial charge is 0.138 e. The van der Waals surface area contributed by atoms with E-state index in [4.69, 9.17) is 4.74 Å². The Labute approximate surface area is 127 Å². The maximum Gasteiger partial charge on any atom is 0.138 e. The molecule has 0 fully saturated rings. The number of aromatic nitrogens is 1. The number of pyridine rings is 1.